The maximum atomic E-state index is 11.8. The smallest absolute Gasteiger partial charge is 0.152 e. The van der Waals surface area contributed by atoms with Crippen LogP contribution in [0.5, 0.6) is 0 Å². The largest absolute Gasteiger partial charge is 0.305 e. The lowest BCUT2D eigenvalue weighted by Crippen LogP contribution is -2.39. The third-order valence-electron chi connectivity index (χ3n) is 2.90. The first-order valence-corrected chi connectivity index (χ1v) is 6.62. The molecule has 0 fully saturated rings. The van der Waals surface area contributed by atoms with Crippen molar-refractivity contribution in [3.8, 4) is 0 Å². The van der Waals surface area contributed by atoms with Crippen LogP contribution in [0, 0.1) is 0 Å². The van der Waals surface area contributed by atoms with Crippen LogP contribution in [-0.2, 0) is 11.2 Å². The third-order valence-corrected chi connectivity index (χ3v) is 2.90. The molecule has 4 heteroatoms. The summed E-state index contributed by atoms with van der Waals surface area (Å²) in [6.45, 7) is 10.8. The Hall–Kier alpha value is -1.16. The molecule has 1 N–H and O–H groups in total. The van der Waals surface area contributed by atoms with E-state index in [1.807, 2.05) is 16.9 Å². The zero-order valence-electron chi connectivity index (χ0n) is 12.2. The van der Waals surface area contributed by atoms with Gasteiger partial charge < -0.3 is 5.32 Å². The maximum Gasteiger partial charge on any atom is 0.152 e. The molecule has 18 heavy (non-hydrogen) atoms. The van der Waals surface area contributed by atoms with Crippen molar-refractivity contribution >= 4 is 5.78 Å². The number of aromatic nitrogens is 2. The molecule has 1 rings (SSSR count). The number of hydrogen-bond donors (Lipinski definition) is 1. The second-order valence-electron chi connectivity index (χ2n) is 5.86. The average molecular weight is 251 g/mol. The van der Waals surface area contributed by atoms with Crippen LogP contribution in [0.4, 0.5) is 0 Å². The van der Waals surface area contributed by atoms with Gasteiger partial charge in [0.1, 0.15) is 0 Å². The van der Waals surface area contributed by atoms with Gasteiger partial charge in [-0.15, -0.1) is 0 Å². The number of carbonyl (C=O) groups is 1. The van der Waals surface area contributed by atoms with E-state index in [4.69, 9.17) is 0 Å². The van der Waals surface area contributed by atoms with E-state index in [9.17, 15) is 4.79 Å². The zero-order chi connectivity index (χ0) is 13.8. The van der Waals surface area contributed by atoms with Gasteiger partial charge in [-0.05, 0) is 40.2 Å². The second kappa shape index (κ2) is 6.14. The van der Waals surface area contributed by atoms with Gasteiger partial charge in [0.05, 0.1) is 18.7 Å². The molecule has 0 spiro atoms. The summed E-state index contributed by atoms with van der Waals surface area (Å²) in [4.78, 5) is 11.8. The Bertz CT molecular complexity index is 390. The Kier molecular flexibility index (Phi) is 5.08. The standard InChI is InChI=1S/C14H25N3O/c1-6-11(2)17-8-7-12(16-17)9-13(18)10-15-14(3,4)5/h7-8,11,15H,6,9-10H2,1-5H3. The molecule has 0 bridgehead atoms. The molecule has 0 amide bonds. The fourth-order valence-corrected chi connectivity index (χ4v) is 1.53. The van der Waals surface area contributed by atoms with Gasteiger partial charge in [-0.25, -0.2) is 0 Å². The van der Waals surface area contributed by atoms with Crippen LogP contribution in [0.2, 0.25) is 0 Å². The predicted octanol–water partition coefficient (Wildman–Crippen LogP) is 2.35. The molecule has 0 saturated heterocycles. The summed E-state index contributed by atoms with van der Waals surface area (Å²) in [5.74, 6) is 0.180. The van der Waals surface area contributed by atoms with E-state index >= 15 is 0 Å². The SMILES string of the molecule is CCC(C)n1ccc(CC(=O)CNC(C)(C)C)n1. The van der Waals surface area contributed by atoms with Crippen molar-refractivity contribution in [1.82, 2.24) is 15.1 Å². The van der Waals surface area contributed by atoms with Crippen LogP contribution in [0.15, 0.2) is 12.3 Å². The average Bonchev–Trinajstić information content (AvgIpc) is 2.73. The molecule has 1 heterocycles. The molecule has 4 nitrogen and oxygen atoms in total. The summed E-state index contributed by atoms with van der Waals surface area (Å²) in [5.41, 5.74) is 0.835. The van der Waals surface area contributed by atoms with Gasteiger partial charge >= 0.3 is 0 Å². The number of rotatable bonds is 6. The van der Waals surface area contributed by atoms with Crippen LogP contribution in [0.25, 0.3) is 0 Å². The fourth-order valence-electron chi connectivity index (χ4n) is 1.53. The minimum absolute atomic E-state index is 0.0221. The van der Waals surface area contributed by atoms with E-state index in [2.05, 4.69) is 45.0 Å². The quantitative estimate of drug-likeness (QED) is 0.844. The van der Waals surface area contributed by atoms with Gasteiger partial charge in [0.25, 0.3) is 0 Å². The molecule has 0 aliphatic rings. The van der Waals surface area contributed by atoms with Crippen molar-refractivity contribution in [1.29, 1.82) is 0 Å². The Morgan fingerprint density at radius 3 is 2.72 bits per heavy atom. The van der Waals surface area contributed by atoms with Crippen LogP contribution in [0.1, 0.15) is 52.8 Å². The number of Topliss-reactive ketones (excluding diaryl/α,β-unsaturated/α-hetero) is 1. The van der Waals surface area contributed by atoms with E-state index in [1.54, 1.807) is 0 Å². The Labute approximate surface area is 110 Å². The first-order chi connectivity index (χ1) is 8.31. The molecule has 1 atom stereocenters. The van der Waals surface area contributed by atoms with Gasteiger partial charge in [-0.2, -0.15) is 5.10 Å². The number of hydrogen-bond acceptors (Lipinski definition) is 3. The van der Waals surface area contributed by atoms with Crippen LogP contribution in [0.3, 0.4) is 0 Å². The normalized spacial score (nSPS) is 13.6. The highest BCUT2D eigenvalue weighted by Crippen LogP contribution is 2.09. The predicted molar refractivity (Wildman–Crippen MR) is 73.7 cm³/mol. The molecule has 1 aromatic heterocycles. The molecule has 0 radical (unpaired) electrons. The lowest BCUT2D eigenvalue weighted by Gasteiger charge is -2.19. The lowest BCUT2D eigenvalue weighted by molar-refractivity contribution is -0.117. The highest BCUT2D eigenvalue weighted by atomic mass is 16.1. The van der Waals surface area contributed by atoms with Crippen LogP contribution in [-0.4, -0.2) is 27.6 Å². The van der Waals surface area contributed by atoms with Crippen molar-refractivity contribution in [3.05, 3.63) is 18.0 Å². The summed E-state index contributed by atoms with van der Waals surface area (Å²) in [5, 5.41) is 7.63. The number of carbonyl (C=O) groups excluding carboxylic acids is 1. The Morgan fingerprint density at radius 1 is 1.50 bits per heavy atom. The van der Waals surface area contributed by atoms with E-state index in [-0.39, 0.29) is 11.3 Å². The van der Waals surface area contributed by atoms with Crippen molar-refractivity contribution in [2.75, 3.05) is 6.54 Å². The van der Waals surface area contributed by atoms with Crippen molar-refractivity contribution in [2.45, 2.75) is 59.0 Å². The first-order valence-electron chi connectivity index (χ1n) is 6.62. The van der Waals surface area contributed by atoms with Crippen molar-refractivity contribution in [3.63, 3.8) is 0 Å². The Morgan fingerprint density at radius 2 is 2.17 bits per heavy atom. The first kappa shape index (κ1) is 14.9. The van der Waals surface area contributed by atoms with E-state index in [0.717, 1.165) is 12.1 Å². The van der Waals surface area contributed by atoms with Gasteiger partial charge in [0, 0.05) is 17.8 Å². The van der Waals surface area contributed by atoms with Gasteiger partial charge in [0.2, 0.25) is 0 Å². The molecule has 0 aliphatic carbocycles. The fraction of sp³-hybridized carbons (Fsp3) is 0.714. The molecule has 102 valence electrons. The monoisotopic (exact) mass is 251 g/mol. The number of nitrogens with zero attached hydrogens (tertiary/aromatic N) is 2. The molecular weight excluding hydrogens is 226 g/mol. The summed E-state index contributed by atoms with van der Waals surface area (Å²) in [6.07, 6.45) is 3.40. The molecule has 1 unspecified atom stereocenters. The number of ketones is 1. The van der Waals surface area contributed by atoms with E-state index in [1.165, 1.54) is 0 Å². The summed E-state index contributed by atoms with van der Waals surface area (Å²) >= 11 is 0. The summed E-state index contributed by atoms with van der Waals surface area (Å²) in [6, 6.07) is 2.32. The molecule has 0 aliphatic heterocycles. The summed E-state index contributed by atoms with van der Waals surface area (Å²) < 4.78 is 1.93. The minimum atomic E-state index is -0.0221. The minimum Gasteiger partial charge on any atom is -0.305 e. The third kappa shape index (κ3) is 5.00. The lowest BCUT2D eigenvalue weighted by atomic mass is 10.1. The van der Waals surface area contributed by atoms with Gasteiger partial charge in [-0.3, -0.25) is 9.48 Å². The molecule has 0 saturated carbocycles. The van der Waals surface area contributed by atoms with E-state index in [0.29, 0.717) is 19.0 Å². The molecular formula is C14H25N3O. The van der Waals surface area contributed by atoms with E-state index < -0.39 is 0 Å². The van der Waals surface area contributed by atoms with Crippen molar-refractivity contribution in [2.24, 2.45) is 0 Å². The van der Waals surface area contributed by atoms with Gasteiger partial charge in [0.15, 0.2) is 5.78 Å². The highest BCUT2D eigenvalue weighted by Gasteiger charge is 2.13. The second-order valence-corrected chi connectivity index (χ2v) is 5.86. The number of nitrogens with one attached hydrogen (secondary N) is 1. The van der Waals surface area contributed by atoms with Crippen LogP contribution < -0.4 is 5.32 Å². The highest BCUT2D eigenvalue weighted by molar-refractivity contribution is 5.82. The summed E-state index contributed by atoms with van der Waals surface area (Å²) in [7, 11) is 0. The Balaban J connectivity index is 2.47. The van der Waals surface area contributed by atoms with Gasteiger partial charge in [-0.1, -0.05) is 6.92 Å². The molecule has 1 aromatic rings. The van der Waals surface area contributed by atoms with Crippen LogP contribution >= 0.6 is 0 Å². The molecule has 0 aromatic carbocycles. The van der Waals surface area contributed by atoms with Crippen molar-refractivity contribution < 1.29 is 4.79 Å². The topological polar surface area (TPSA) is 46.9 Å². The zero-order valence-corrected chi connectivity index (χ0v) is 12.2. The maximum absolute atomic E-state index is 11.8.